The van der Waals surface area contributed by atoms with E-state index in [-0.39, 0.29) is 0 Å². The van der Waals surface area contributed by atoms with Crippen molar-refractivity contribution in [2.75, 3.05) is 12.5 Å². The highest BCUT2D eigenvalue weighted by atomic mass is 32.3. The lowest BCUT2D eigenvalue weighted by atomic mass is 9.93. The molecular weight excluding hydrogens is 402 g/mol. The Morgan fingerprint density at radius 2 is 1.71 bits per heavy atom. The number of benzene rings is 3. The van der Waals surface area contributed by atoms with Gasteiger partial charge in [-0.25, -0.2) is 0 Å². The number of ether oxygens (including phenoxy) is 1. The largest absolute Gasteiger partial charge is 0.489 e. The minimum Gasteiger partial charge on any atom is -0.489 e. The number of aromatic nitrogens is 1. The van der Waals surface area contributed by atoms with Gasteiger partial charge in [0.1, 0.15) is 12.4 Å². The molecule has 0 saturated carbocycles. The Labute approximate surface area is 186 Å². The second kappa shape index (κ2) is 8.74. The molecule has 0 bridgehead atoms. The number of hydrogen-bond donors (Lipinski definition) is 1. The number of hydrogen-bond acceptors (Lipinski definition) is 3. The van der Waals surface area contributed by atoms with E-state index in [1.807, 2.05) is 49.0 Å². The molecule has 0 radical (unpaired) electrons. The van der Waals surface area contributed by atoms with E-state index in [0.29, 0.717) is 12.5 Å². The molecule has 0 aliphatic heterocycles. The van der Waals surface area contributed by atoms with E-state index in [1.54, 1.807) is 0 Å². The smallest absolute Gasteiger partial charge is 0.119 e. The number of pyridine rings is 1. The maximum Gasteiger partial charge on any atom is 0.119 e. The van der Waals surface area contributed by atoms with Crippen molar-refractivity contribution in [3.63, 3.8) is 0 Å². The van der Waals surface area contributed by atoms with Crippen LogP contribution in [0.15, 0.2) is 83.9 Å². The fourth-order valence-electron chi connectivity index (χ4n) is 3.63. The van der Waals surface area contributed by atoms with Gasteiger partial charge in [0.25, 0.3) is 0 Å². The molecule has 0 aliphatic rings. The van der Waals surface area contributed by atoms with Gasteiger partial charge in [0, 0.05) is 22.0 Å². The van der Waals surface area contributed by atoms with E-state index in [9.17, 15) is 4.55 Å². The Hall–Kier alpha value is -2.82. The van der Waals surface area contributed by atoms with Crippen LogP contribution in [0.2, 0.25) is 0 Å². The topological polar surface area (TPSA) is 42.4 Å². The van der Waals surface area contributed by atoms with Gasteiger partial charge >= 0.3 is 0 Å². The van der Waals surface area contributed by atoms with E-state index in [4.69, 9.17) is 4.74 Å². The van der Waals surface area contributed by atoms with Crippen molar-refractivity contribution in [2.24, 2.45) is 0 Å². The molecule has 4 aromatic rings. The first kappa shape index (κ1) is 21.4. The summed E-state index contributed by atoms with van der Waals surface area (Å²) in [4.78, 5) is 5.61. The molecule has 0 unspecified atom stereocenters. The second-order valence-electron chi connectivity index (χ2n) is 8.53. The lowest BCUT2D eigenvalue weighted by molar-refractivity contribution is 0.306. The molecule has 1 aromatic heterocycles. The normalized spacial score (nSPS) is 12.3. The van der Waals surface area contributed by atoms with Gasteiger partial charge in [0.15, 0.2) is 0 Å². The van der Waals surface area contributed by atoms with Crippen LogP contribution in [-0.2, 0) is 6.61 Å². The average molecular weight is 432 g/mol. The second-order valence-corrected chi connectivity index (χ2v) is 11.5. The molecule has 0 aliphatic carbocycles. The fourth-order valence-corrected chi connectivity index (χ4v) is 4.44. The molecule has 0 saturated heterocycles. The third-order valence-electron chi connectivity index (χ3n) is 5.44. The third kappa shape index (κ3) is 4.92. The Kier molecular flexibility index (Phi) is 6.03. The van der Waals surface area contributed by atoms with Gasteiger partial charge in [0.2, 0.25) is 0 Å². The lowest BCUT2D eigenvalue weighted by Crippen LogP contribution is -1.98. The quantitative estimate of drug-likeness (QED) is 0.344. The van der Waals surface area contributed by atoms with Crippen LogP contribution in [0.5, 0.6) is 5.75 Å². The summed E-state index contributed by atoms with van der Waals surface area (Å²) in [5, 5.41) is 1.17. The summed E-state index contributed by atoms with van der Waals surface area (Å²) in [6.45, 7) is 4.92. The van der Waals surface area contributed by atoms with Gasteiger partial charge in [-0.15, -0.1) is 10.3 Å². The van der Waals surface area contributed by atoms with Crippen LogP contribution in [0.25, 0.3) is 22.0 Å². The van der Waals surface area contributed by atoms with Gasteiger partial charge in [-0.1, -0.05) is 38.1 Å². The molecule has 4 rings (SSSR count). The highest BCUT2D eigenvalue weighted by Crippen LogP contribution is 2.44. The van der Waals surface area contributed by atoms with Crippen molar-refractivity contribution < 1.29 is 9.29 Å². The van der Waals surface area contributed by atoms with E-state index >= 15 is 0 Å². The van der Waals surface area contributed by atoms with Gasteiger partial charge in [0.05, 0.1) is 5.52 Å². The van der Waals surface area contributed by atoms with Crippen molar-refractivity contribution in [1.82, 2.24) is 4.98 Å². The first-order chi connectivity index (χ1) is 14.8. The maximum absolute atomic E-state index is 10.2. The molecular formula is C27H29NO2S. The van der Waals surface area contributed by atoms with E-state index in [0.717, 1.165) is 32.9 Å². The monoisotopic (exact) mass is 431 g/mol. The minimum atomic E-state index is -1.71. The summed E-state index contributed by atoms with van der Waals surface area (Å²) in [5.41, 5.74) is 5.74. The first-order valence-corrected chi connectivity index (χ1v) is 12.9. The van der Waals surface area contributed by atoms with Gasteiger partial charge in [-0.3, -0.25) is 4.98 Å². The summed E-state index contributed by atoms with van der Waals surface area (Å²) >= 11 is 0. The summed E-state index contributed by atoms with van der Waals surface area (Å²) in [5.74, 6) is 1.25. The lowest BCUT2D eigenvalue weighted by Gasteiger charge is -2.23. The first-order valence-electron chi connectivity index (χ1n) is 10.5. The Morgan fingerprint density at radius 3 is 2.42 bits per heavy atom. The van der Waals surface area contributed by atoms with Crippen molar-refractivity contribution in [3.8, 4) is 16.9 Å². The fraction of sp³-hybridized carbons (Fsp3) is 0.222. The zero-order valence-corrected chi connectivity index (χ0v) is 19.3. The minimum absolute atomic E-state index is 0.448. The van der Waals surface area contributed by atoms with Crippen LogP contribution in [0, 0.1) is 0 Å². The van der Waals surface area contributed by atoms with E-state index in [1.165, 1.54) is 10.9 Å². The molecule has 0 fully saturated rings. The zero-order valence-electron chi connectivity index (χ0n) is 18.5. The molecule has 1 heterocycles. The Balaban J connectivity index is 1.61. The van der Waals surface area contributed by atoms with Crippen molar-refractivity contribution in [2.45, 2.75) is 31.3 Å². The highest BCUT2D eigenvalue weighted by Gasteiger charge is 2.11. The number of nitrogens with zero attached hydrogens (tertiary/aromatic N) is 1. The highest BCUT2D eigenvalue weighted by molar-refractivity contribution is 8.28. The molecule has 31 heavy (non-hydrogen) atoms. The molecule has 0 spiro atoms. The van der Waals surface area contributed by atoms with Crippen LogP contribution in [0.4, 0.5) is 0 Å². The van der Waals surface area contributed by atoms with Crippen molar-refractivity contribution in [1.29, 1.82) is 0 Å². The average Bonchev–Trinajstić information content (AvgIpc) is 2.76. The summed E-state index contributed by atoms with van der Waals surface area (Å²) in [6.07, 6.45) is 5.58. The van der Waals surface area contributed by atoms with Crippen LogP contribution in [0.1, 0.15) is 30.9 Å². The summed E-state index contributed by atoms with van der Waals surface area (Å²) in [7, 11) is -1.71. The van der Waals surface area contributed by atoms with E-state index < -0.39 is 10.3 Å². The Morgan fingerprint density at radius 1 is 0.935 bits per heavy atom. The Bertz CT molecular complexity index is 1190. The molecule has 3 aromatic carbocycles. The molecule has 3 nitrogen and oxygen atoms in total. The third-order valence-corrected chi connectivity index (χ3v) is 6.86. The number of rotatable bonds is 6. The van der Waals surface area contributed by atoms with Crippen molar-refractivity contribution >= 4 is 21.2 Å². The van der Waals surface area contributed by atoms with Crippen molar-refractivity contribution in [3.05, 3.63) is 90.1 Å². The molecule has 4 heteroatoms. The van der Waals surface area contributed by atoms with Crippen LogP contribution in [-0.4, -0.2) is 22.0 Å². The molecule has 160 valence electrons. The molecule has 0 atom stereocenters. The standard InChI is InChI=1S/C27H29NO2S/c1-19(2)23-16-22-9-6-14-28-27(22)26(17-23)21-8-5-7-20(15-21)18-30-24-10-12-25(13-11-24)31(3,4)29/h5-17,19,29H,18H2,1-4H3. The molecule has 1 N–H and O–H groups in total. The predicted molar refractivity (Wildman–Crippen MR) is 132 cm³/mol. The molecule has 0 amide bonds. The van der Waals surface area contributed by atoms with Crippen LogP contribution >= 0.6 is 10.3 Å². The predicted octanol–water partition coefficient (Wildman–Crippen LogP) is 7.50. The van der Waals surface area contributed by atoms with Crippen LogP contribution < -0.4 is 4.74 Å². The van der Waals surface area contributed by atoms with Gasteiger partial charge in [-0.2, -0.15) is 0 Å². The summed E-state index contributed by atoms with van der Waals surface area (Å²) in [6, 6.07) is 24.8. The maximum atomic E-state index is 10.2. The van der Waals surface area contributed by atoms with Gasteiger partial charge < -0.3 is 9.29 Å². The summed E-state index contributed by atoms with van der Waals surface area (Å²) < 4.78 is 16.2. The van der Waals surface area contributed by atoms with E-state index in [2.05, 4.69) is 61.3 Å². The SMILES string of the molecule is CC(C)c1cc(-c2cccc(COc3ccc(S(C)(C)O)cc3)c2)c2ncccc2c1. The zero-order chi connectivity index (χ0) is 22.0. The van der Waals surface area contributed by atoms with Crippen LogP contribution in [0.3, 0.4) is 0 Å². The number of fused-ring (bicyclic) bond motifs is 1. The van der Waals surface area contributed by atoms with Gasteiger partial charge in [-0.05, 0) is 83.7 Å².